The van der Waals surface area contributed by atoms with Crippen molar-refractivity contribution in [1.82, 2.24) is 19.4 Å². The van der Waals surface area contributed by atoms with Gasteiger partial charge in [-0.2, -0.15) is 0 Å². The number of hydrogen-bond donors (Lipinski definition) is 2. The second-order valence-corrected chi connectivity index (χ2v) is 11.2. The fourth-order valence-electron chi connectivity index (χ4n) is 5.89. The number of methoxy groups -OCH3 is 1. The van der Waals surface area contributed by atoms with Crippen LogP contribution in [0.1, 0.15) is 58.2 Å². The monoisotopic (exact) mass is 582 g/mol. The molecule has 4 aromatic rings. The minimum absolute atomic E-state index is 0.177. The summed E-state index contributed by atoms with van der Waals surface area (Å²) in [7, 11) is 3.26. The second-order valence-electron chi connectivity index (χ2n) is 11.2. The van der Waals surface area contributed by atoms with Gasteiger partial charge in [-0.3, -0.25) is 4.90 Å². The molecule has 2 N–H and O–H groups in total. The Balaban J connectivity index is 1.10. The zero-order valence-corrected chi connectivity index (χ0v) is 24.7. The summed E-state index contributed by atoms with van der Waals surface area (Å²) >= 11 is 0. The van der Waals surface area contributed by atoms with Gasteiger partial charge in [-0.1, -0.05) is 18.2 Å². The molecular weight excluding hydrogens is 544 g/mol. The highest BCUT2D eigenvalue weighted by molar-refractivity contribution is 5.93. The number of benzene rings is 2. The van der Waals surface area contributed by atoms with Crippen molar-refractivity contribution in [2.75, 3.05) is 39.2 Å². The first-order chi connectivity index (χ1) is 21.0. The van der Waals surface area contributed by atoms with Gasteiger partial charge in [0.15, 0.2) is 0 Å². The molecule has 43 heavy (non-hydrogen) atoms. The number of carbonyl (C=O) groups is 1. The Bertz CT molecular complexity index is 1610. The predicted octanol–water partition coefficient (Wildman–Crippen LogP) is 5.00. The van der Waals surface area contributed by atoms with Crippen molar-refractivity contribution in [3.63, 3.8) is 0 Å². The maximum atomic E-state index is 12.2. The Hall–Kier alpha value is -4.28. The highest BCUT2D eigenvalue weighted by Gasteiger charge is 2.26. The van der Waals surface area contributed by atoms with Crippen molar-refractivity contribution < 1.29 is 19.0 Å². The van der Waals surface area contributed by atoms with E-state index in [1.807, 2.05) is 49.5 Å². The fourth-order valence-corrected chi connectivity index (χ4v) is 5.89. The summed E-state index contributed by atoms with van der Waals surface area (Å²) in [6.07, 6.45) is 4.56. The van der Waals surface area contributed by atoms with Crippen LogP contribution >= 0.6 is 0 Å². The number of piperidine rings is 1. The number of rotatable bonds is 11. The van der Waals surface area contributed by atoms with Gasteiger partial charge in [0, 0.05) is 48.8 Å². The number of hydrogen-bond acceptors (Lipinski definition) is 9. The molecule has 2 aromatic carbocycles. The van der Waals surface area contributed by atoms with Crippen LogP contribution in [0.15, 0.2) is 54.6 Å². The first-order valence-corrected chi connectivity index (χ1v) is 14.9. The van der Waals surface area contributed by atoms with Gasteiger partial charge in [-0.25, -0.2) is 14.8 Å². The lowest BCUT2D eigenvalue weighted by molar-refractivity contribution is -0.0592. The van der Waals surface area contributed by atoms with Crippen LogP contribution in [0.5, 0.6) is 5.88 Å². The van der Waals surface area contributed by atoms with E-state index >= 15 is 0 Å². The van der Waals surface area contributed by atoms with Crippen molar-refractivity contribution in [3.05, 3.63) is 82.8 Å². The van der Waals surface area contributed by atoms with Gasteiger partial charge in [-0.15, -0.1) is 0 Å². The molecule has 0 amide bonds. The Morgan fingerprint density at radius 2 is 1.95 bits per heavy atom. The van der Waals surface area contributed by atoms with Crippen LogP contribution in [-0.4, -0.2) is 71.6 Å². The Morgan fingerprint density at radius 1 is 1.12 bits per heavy atom. The first-order valence-electron chi connectivity index (χ1n) is 14.9. The van der Waals surface area contributed by atoms with Crippen LogP contribution in [0.3, 0.4) is 0 Å². The molecule has 2 aliphatic heterocycles. The Labute approximate surface area is 251 Å². The summed E-state index contributed by atoms with van der Waals surface area (Å²) in [5, 5.41) is 10.7. The van der Waals surface area contributed by atoms with Gasteiger partial charge in [-0.05, 0) is 68.2 Å². The van der Waals surface area contributed by atoms with Gasteiger partial charge in [0.2, 0.25) is 5.88 Å². The van der Waals surface area contributed by atoms with E-state index in [0.29, 0.717) is 24.0 Å². The Kier molecular flexibility index (Phi) is 8.67. The molecule has 10 heteroatoms. The summed E-state index contributed by atoms with van der Waals surface area (Å²) < 4.78 is 19.0. The van der Waals surface area contributed by atoms with Gasteiger partial charge in [0.1, 0.15) is 12.4 Å². The number of ether oxygens (including phenoxy) is 3. The molecule has 0 saturated carbocycles. The molecule has 224 valence electrons. The van der Waals surface area contributed by atoms with Gasteiger partial charge < -0.3 is 29.5 Å². The molecule has 10 nitrogen and oxygen atoms in total. The average molecular weight is 583 g/mol. The number of esters is 1. The van der Waals surface area contributed by atoms with Crippen LogP contribution in [-0.2, 0) is 29.2 Å². The third kappa shape index (κ3) is 6.40. The highest BCUT2D eigenvalue weighted by atomic mass is 16.5. The van der Waals surface area contributed by atoms with Crippen LogP contribution < -0.4 is 10.1 Å². The number of nitrogens with zero attached hydrogens (tertiary/aromatic N) is 4. The molecule has 4 heterocycles. The number of imidazole rings is 1. The molecule has 2 aromatic heterocycles. The van der Waals surface area contributed by atoms with Crippen LogP contribution in [0.4, 0.5) is 5.69 Å². The second kappa shape index (κ2) is 12.9. The van der Waals surface area contributed by atoms with Crippen LogP contribution in [0.25, 0.3) is 11.0 Å². The molecule has 0 spiro atoms. The minimum atomic E-state index is -0.345. The molecule has 2 saturated heterocycles. The number of fused-ring (bicyclic) bond motifs is 1. The maximum absolute atomic E-state index is 12.2. The molecule has 1 atom stereocenters. The van der Waals surface area contributed by atoms with E-state index in [2.05, 4.69) is 20.9 Å². The highest BCUT2D eigenvalue weighted by Crippen LogP contribution is 2.30. The number of carbonyl (C=O) groups excluding carboxylic acids is 1. The van der Waals surface area contributed by atoms with Crippen molar-refractivity contribution in [3.8, 4) is 5.88 Å². The SMILES string of the molecule is CNc1cc(COc2cccc(C3CCN(Cc4nc5ccc(C(=O)OC)cc5n4CC4CCO4)CC3)n2)ccc1C=N. The van der Waals surface area contributed by atoms with Gasteiger partial charge in [0.25, 0.3) is 0 Å². The summed E-state index contributed by atoms with van der Waals surface area (Å²) in [4.78, 5) is 24.5. The zero-order valence-electron chi connectivity index (χ0n) is 24.7. The van der Waals surface area contributed by atoms with Gasteiger partial charge in [0.05, 0.1) is 42.9 Å². The molecule has 2 fully saturated rings. The molecule has 0 bridgehead atoms. The summed E-state index contributed by atoms with van der Waals surface area (Å²) in [5.41, 5.74) is 6.18. The lowest BCUT2D eigenvalue weighted by Crippen LogP contribution is -2.35. The van der Waals surface area contributed by atoms with Crippen molar-refractivity contribution >= 4 is 28.9 Å². The third-order valence-electron chi connectivity index (χ3n) is 8.47. The van der Waals surface area contributed by atoms with E-state index in [-0.39, 0.29) is 12.1 Å². The van der Waals surface area contributed by atoms with E-state index in [1.54, 1.807) is 6.07 Å². The Morgan fingerprint density at radius 3 is 2.67 bits per heavy atom. The quantitative estimate of drug-likeness (QED) is 0.188. The van der Waals surface area contributed by atoms with E-state index in [1.165, 1.54) is 13.3 Å². The standard InChI is InChI=1S/C33H38N6O4/c1-35-29-16-22(6-7-25(29)18-34)21-43-32-5-3-4-27(37-32)23-10-13-38(14-11-23)20-31-36-28-9-8-24(33(40)41-2)17-30(28)39(31)19-26-12-15-42-26/h3-9,16-18,23,26,34-35H,10-15,19-21H2,1-2H3. The van der Waals surface area contributed by atoms with Crippen molar-refractivity contribution in [2.45, 2.75) is 51.0 Å². The largest absolute Gasteiger partial charge is 0.473 e. The van der Waals surface area contributed by atoms with Crippen LogP contribution in [0.2, 0.25) is 0 Å². The zero-order chi connectivity index (χ0) is 29.8. The summed E-state index contributed by atoms with van der Waals surface area (Å²) in [5.74, 6) is 1.64. The van der Waals surface area contributed by atoms with E-state index in [4.69, 9.17) is 29.6 Å². The number of aromatic nitrogens is 3. The lowest BCUT2D eigenvalue weighted by Gasteiger charge is -2.32. The van der Waals surface area contributed by atoms with Gasteiger partial charge >= 0.3 is 5.97 Å². The summed E-state index contributed by atoms with van der Waals surface area (Å²) in [6.45, 7) is 4.57. The topological polar surface area (TPSA) is 115 Å². The van der Waals surface area contributed by atoms with Crippen molar-refractivity contribution in [2.24, 2.45) is 0 Å². The fraction of sp³-hybridized carbons (Fsp3) is 0.394. The summed E-state index contributed by atoms with van der Waals surface area (Å²) in [6, 6.07) is 17.5. The normalized spacial score (nSPS) is 17.4. The third-order valence-corrected chi connectivity index (χ3v) is 8.47. The number of anilines is 1. The minimum Gasteiger partial charge on any atom is -0.473 e. The average Bonchev–Trinajstić information content (AvgIpc) is 3.37. The number of nitrogens with one attached hydrogen (secondary N) is 2. The van der Waals surface area contributed by atoms with Crippen molar-refractivity contribution in [1.29, 1.82) is 5.41 Å². The predicted molar refractivity (Wildman–Crippen MR) is 165 cm³/mol. The van der Waals surface area contributed by atoms with Crippen LogP contribution in [0, 0.1) is 5.41 Å². The number of likely N-dealkylation sites (tertiary alicyclic amines) is 1. The molecule has 0 radical (unpaired) electrons. The molecular formula is C33H38N6O4. The molecule has 6 rings (SSSR count). The number of pyridine rings is 1. The van der Waals surface area contributed by atoms with E-state index < -0.39 is 0 Å². The van der Waals surface area contributed by atoms with E-state index in [0.717, 1.165) is 91.4 Å². The first kappa shape index (κ1) is 28.8. The molecule has 2 aliphatic rings. The van der Waals surface area contributed by atoms with E-state index in [9.17, 15) is 4.79 Å². The maximum Gasteiger partial charge on any atom is 0.337 e. The lowest BCUT2D eigenvalue weighted by atomic mass is 9.93. The molecule has 1 unspecified atom stereocenters. The smallest absolute Gasteiger partial charge is 0.337 e. The molecule has 0 aliphatic carbocycles.